The van der Waals surface area contributed by atoms with E-state index in [4.69, 9.17) is 9.47 Å². The molecule has 5 nitrogen and oxygen atoms in total. The summed E-state index contributed by atoms with van der Waals surface area (Å²) >= 11 is 0. The standard InChI is InChI=1S/C24H25F2NO4/c1-30-23-20(25)12-17(13-21(23)26)22(28)16-10-18-8-5-9-19(11-16)27(18)24(29)31-14-15-6-3-2-4-7-15/h2-4,6-7,12-13,16,18-19H,5,8-11,14H2,1H3. The highest BCUT2D eigenvalue weighted by molar-refractivity contribution is 5.98. The smallest absolute Gasteiger partial charge is 0.410 e. The lowest BCUT2D eigenvalue weighted by Gasteiger charge is -2.47. The van der Waals surface area contributed by atoms with Crippen LogP contribution in [0, 0.1) is 17.6 Å². The van der Waals surface area contributed by atoms with E-state index >= 15 is 0 Å². The van der Waals surface area contributed by atoms with E-state index in [0.717, 1.165) is 37.0 Å². The Bertz CT molecular complexity index is 928. The van der Waals surface area contributed by atoms with Crippen LogP contribution in [0.2, 0.25) is 0 Å². The van der Waals surface area contributed by atoms with E-state index in [0.29, 0.717) is 12.8 Å². The third kappa shape index (κ3) is 4.40. The molecule has 2 atom stereocenters. The van der Waals surface area contributed by atoms with Crippen molar-refractivity contribution in [3.05, 3.63) is 65.2 Å². The number of ketones is 1. The number of carbonyl (C=O) groups excluding carboxylic acids is 2. The largest absolute Gasteiger partial charge is 0.491 e. The monoisotopic (exact) mass is 429 g/mol. The van der Waals surface area contributed by atoms with E-state index < -0.39 is 17.4 Å². The van der Waals surface area contributed by atoms with Gasteiger partial charge < -0.3 is 14.4 Å². The van der Waals surface area contributed by atoms with E-state index in [1.54, 1.807) is 4.90 Å². The van der Waals surface area contributed by atoms with Gasteiger partial charge in [-0.15, -0.1) is 0 Å². The number of carbonyl (C=O) groups is 2. The fourth-order valence-electron chi connectivity index (χ4n) is 4.82. The summed E-state index contributed by atoms with van der Waals surface area (Å²) in [5.74, 6) is -2.97. The first kappa shape index (κ1) is 21.3. The maximum Gasteiger partial charge on any atom is 0.410 e. The van der Waals surface area contributed by atoms with Gasteiger partial charge in [-0.2, -0.15) is 0 Å². The minimum Gasteiger partial charge on any atom is -0.491 e. The molecule has 0 radical (unpaired) electrons. The predicted molar refractivity (Wildman–Crippen MR) is 110 cm³/mol. The fourth-order valence-corrected chi connectivity index (χ4v) is 4.82. The predicted octanol–water partition coefficient (Wildman–Crippen LogP) is 5.13. The maximum absolute atomic E-state index is 14.1. The summed E-state index contributed by atoms with van der Waals surface area (Å²) in [6.07, 6.45) is 3.10. The Morgan fingerprint density at radius 2 is 1.65 bits per heavy atom. The summed E-state index contributed by atoms with van der Waals surface area (Å²) in [6.45, 7) is 0.197. The molecule has 2 aromatic rings. The highest BCUT2D eigenvalue weighted by atomic mass is 19.1. The number of benzene rings is 2. The summed E-state index contributed by atoms with van der Waals surface area (Å²) in [5.41, 5.74) is 0.911. The molecule has 2 aliphatic rings. The average Bonchev–Trinajstić information content (AvgIpc) is 2.76. The van der Waals surface area contributed by atoms with E-state index in [2.05, 4.69) is 0 Å². The normalized spacial score (nSPS) is 22.7. The highest BCUT2D eigenvalue weighted by Gasteiger charge is 2.44. The summed E-state index contributed by atoms with van der Waals surface area (Å²) in [4.78, 5) is 27.6. The molecule has 4 rings (SSSR count). The molecular formula is C24H25F2NO4. The van der Waals surface area contributed by atoms with E-state index in [-0.39, 0.29) is 42.0 Å². The Kier molecular flexibility index (Phi) is 6.20. The molecule has 31 heavy (non-hydrogen) atoms. The van der Waals surface area contributed by atoms with Crippen molar-refractivity contribution in [3.8, 4) is 5.75 Å². The first-order valence-electron chi connectivity index (χ1n) is 10.5. The van der Waals surface area contributed by atoms with Crippen LogP contribution in [-0.4, -0.2) is 36.0 Å². The van der Waals surface area contributed by atoms with Crippen molar-refractivity contribution in [2.75, 3.05) is 7.11 Å². The number of nitrogens with zero attached hydrogens (tertiary/aromatic N) is 1. The lowest BCUT2D eigenvalue weighted by Crippen LogP contribution is -2.55. The van der Waals surface area contributed by atoms with Gasteiger partial charge in [0, 0.05) is 23.6 Å². The van der Waals surface area contributed by atoms with Gasteiger partial charge in [-0.3, -0.25) is 4.79 Å². The van der Waals surface area contributed by atoms with Gasteiger partial charge in [-0.05, 0) is 49.8 Å². The molecule has 2 unspecified atom stereocenters. The minimum absolute atomic E-state index is 0.000947. The molecule has 0 saturated carbocycles. The third-order valence-electron chi connectivity index (χ3n) is 6.25. The van der Waals surface area contributed by atoms with Crippen molar-refractivity contribution in [2.45, 2.75) is 50.8 Å². The van der Waals surface area contributed by atoms with E-state index in [9.17, 15) is 18.4 Å². The van der Waals surface area contributed by atoms with Crippen molar-refractivity contribution < 1.29 is 27.8 Å². The number of hydrogen-bond donors (Lipinski definition) is 0. The molecule has 0 aliphatic carbocycles. The van der Waals surface area contributed by atoms with Crippen LogP contribution >= 0.6 is 0 Å². The summed E-state index contributed by atoms with van der Waals surface area (Å²) in [6, 6.07) is 11.3. The Labute approximate surface area is 179 Å². The Morgan fingerprint density at radius 1 is 1.03 bits per heavy atom. The van der Waals surface area contributed by atoms with Crippen molar-refractivity contribution in [1.82, 2.24) is 4.90 Å². The second-order valence-electron chi connectivity index (χ2n) is 8.19. The lowest BCUT2D eigenvalue weighted by atomic mass is 9.76. The fraction of sp³-hybridized carbons (Fsp3) is 0.417. The number of piperidine rings is 2. The van der Waals surface area contributed by atoms with Crippen molar-refractivity contribution in [2.24, 2.45) is 5.92 Å². The van der Waals surface area contributed by atoms with Crippen molar-refractivity contribution in [1.29, 1.82) is 0 Å². The number of amides is 1. The van der Waals surface area contributed by atoms with Crippen molar-refractivity contribution >= 4 is 11.9 Å². The van der Waals surface area contributed by atoms with Crippen LogP contribution in [0.15, 0.2) is 42.5 Å². The number of methoxy groups -OCH3 is 1. The number of rotatable bonds is 5. The molecule has 1 amide bonds. The van der Waals surface area contributed by atoms with Crippen LogP contribution in [0.3, 0.4) is 0 Å². The number of halogens is 2. The van der Waals surface area contributed by atoms with Crippen LogP contribution in [0.4, 0.5) is 13.6 Å². The molecule has 2 fully saturated rings. The van der Waals surface area contributed by atoms with E-state index in [1.165, 1.54) is 7.11 Å². The van der Waals surface area contributed by atoms with Crippen LogP contribution in [0.1, 0.15) is 48.0 Å². The number of hydrogen-bond acceptors (Lipinski definition) is 4. The van der Waals surface area contributed by atoms with Gasteiger partial charge in [0.05, 0.1) is 7.11 Å². The molecule has 0 aromatic heterocycles. The van der Waals surface area contributed by atoms with Crippen LogP contribution in [0.5, 0.6) is 5.75 Å². The molecule has 2 saturated heterocycles. The molecule has 7 heteroatoms. The number of ether oxygens (including phenoxy) is 2. The SMILES string of the molecule is COc1c(F)cc(C(=O)C2CC3CCCC(C2)N3C(=O)OCc2ccccc2)cc1F. The first-order chi connectivity index (χ1) is 15.0. The van der Waals surface area contributed by atoms with Gasteiger partial charge in [0.15, 0.2) is 23.2 Å². The van der Waals surface area contributed by atoms with Gasteiger partial charge in [0.2, 0.25) is 0 Å². The zero-order chi connectivity index (χ0) is 22.0. The molecule has 2 aliphatic heterocycles. The Balaban J connectivity index is 1.45. The van der Waals surface area contributed by atoms with Gasteiger partial charge >= 0.3 is 6.09 Å². The molecule has 0 N–H and O–H groups in total. The Hall–Kier alpha value is -2.96. The van der Waals surface area contributed by atoms with Crippen molar-refractivity contribution in [3.63, 3.8) is 0 Å². The van der Waals surface area contributed by atoms with Gasteiger partial charge in [0.25, 0.3) is 0 Å². The van der Waals surface area contributed by atoms with Crippen LogP contribution in [-0.2, 0) is 11.3 Å². The highest BCUT2D eigenvalue weighted by Crippen LogP contribution is 2.39. The average molecular weight is 429 g/mol. The van der Waals surface area contributed by atoms with Gasteiger partial charge in [-0.1, -0.05) is 30.3 Å². The molecule has 2 aromatic carbocycles. The maximum atomic E-state index is 14.1. The summed E-state index contributed by atoms with van der Waals surface area (Å²) < 4.78 is 38.4. The lowest BCUT2D eigenvalue weighted by molar-refractivity contribution is 0.00471. The van der Waals surface area contributed by atoms with E-state index in [1.807, 2.05) is 30.3 Å². The number of Topliss-reactive ketones (excluding diaryl/α,β-unsaturated/α-hetero) is 1. The van der Waals surface area contributed by atoms with Crippen LogP contribution in [0.25, 0.3) is 0 Å². The molecular weight excluding hydrogens is 404 g/mol. The third-order valence-corrected chi connectivity index (χ3v) is 6.25. The quantitative estimate of drug-likeness (QED) is 0.619. The summed E-state index contributed by atoms with van der Waals surface area (Å²) in [7, 11) is 1.18. The zero-order valence-electron chi connectivity index (χ0n) is 17.4. The first-order valence-corrected chi connectivity index (χ1v) is 10.5. The second-order valence-corrected chi connectivity index (χ2v) is 8.19. The minimum atomic E-state index is -0.895. The van der Waals surface area contributed by atoms with Crippen LogP contribution < -0.4 is 4.74 Å². The molecule has 2 bridgehead atoms. The topological polar surface area (TPSA) is 55.8 Å². The zero-order valence-corrected chi connectivity index (χ0v) is 17.4. The second kappa shape index (κ2) is 9.04. The van der Waals surface area contributed by atoms with Gasteiger partial charge in [-0.25, -0.2) is 13.6 Å². The molecule has 0 spiro atoms. The van der Waals surface area contributed by atoms with Gasteiger partial charge in [0.1, 0.15) is 6.61 Å². The Morgan fingerprint density at radius 3 is 2.23 bits per heavy atom. The summed E-state index contributed by atoms with van der Waals surface area (Å²) in [5, 5.41) is 0. The molecule has 2 heterocycles. The number of fused-ring (bicyclic) bond motifs is 2. The molecule has 164 valence electrons.